The van der Waals surface area contributed by atoms with Crippen LogP contribution in [0.1, 0.15) is 12.5 Å². The lowest BCUT2D eigenvalue weighted by molar-refractivity contribution is 0.266. The molecule has 0 aliphatic heterocycles. The minimum atomic E-state index is -0.983. The predicted octanol–water partition coefficient (Wildman–Crippen LogP) is 5.18. The van der Waals surface area contributed by atoms with Gasteiger partial charge in [-0.15, -0.1) is 11.8 Å². The lowest BCUT2D eigenvalue weighted by Gasteiger charge is -2.15. The summed E-state index contributed by atoms with van der Waals surface area (Å²) < 4.78 is 5.75. The first-order chi connectivity index (χ1) is 9.01. The van der Waals surface area contributed by atoms with Crippen molar-refractivity contribution in [3.8, 4) is 0 Å². The Bertz CT molecular complexity index is 381. The summed E-state index contributed by atoms with van der Waals surface area (Å²) in [7, 11) is -0.983. The van der Waals surface area contributed by atoms with Crippen LogP contribution in [0.25, 0.3) is 0 Å². The monoisotopic (exact) mass is 294 g/mol. The summed E-state index contributed by atoms with van der Waals surface area (Å²) in [5, 5.41) is 0. The molecule has 0 aliphatic carbocycles. The Hall–Kier alpha value is -0.673. The maximum Gasteiger partial charge on any atom is 0.0927 e. The predicted molar refractivity (Wildman–Crippen MR) is 90.5 cm³/mol. The molecule has 1 aromatic rings. The van der Waals surface area contributed by atoms with E-state index in [2.05, 4.69) is 56.9 Å². The molecule has 0 fully saturated rings. The highest BCUT2D eigenvalue weighted by molar-refractivity contribution is 8.03. The molecular weight excluding hydrogens is 268 g/mol. The van der Waals surface area contributed by atoms with E-state index in [1.807, 2.05) is 18.0 Å². The van der Waals surface area contributed by atoms with Crippen molar-refractivity contribution in [2.45, 2.75) is 39.0 Å². The summed E-state index contributed by atoms with van der Waals surface area (Å²) in [5.41, 5.74) is 1.35. The van der Waals surface area contributed by atoms with Gasteiger partial charge in [-0.1, -0.05) is 56.9 Å². The first-order valence-electron chi connectivity index (χ1n) is 6.98. The SMILES string of the molecule is CCS/C(=C\OCC[Si](C)(C)C)Cc1ccccc1. The van der Waals surface area contributed by atoms with Crippen LogP contribution in [0.2, 0.25) is 25.7 Å². The van der Waals surface area contributed by atoms with Crippen LogP contribution in [0.15, 0.2) is 41.5 Å². The van der Waals surface area contributed by atoms with Crippen LogP contribution >= 0.6 is 11.8 Å². The second kappa shape index (κ2) is 8.49. The van der Waals surface area contributed by atoms with Crippen LogP contribution < -0.4 is 0 Å². The molecule has 0 atom stereocenters. The third-order valence-corrected chi connectivity index (χ3v) is 5.34. The molecule has 0 saturated carbocycles. The van der Waals surface area contributed by atoms with Crippen molar-refractivity contribution in [1.29, 1.82) is 0 Å². The van der Waals surface area contributed by atoms with Gasteiger partial charge in [0.25, 0.3) is 0 Å². The van der Waals surface area contributed by atoms with E-state index in [0.717, 1.165) is 18.8 Å². The molecule has 0 bridgehead atoms. The molecule has 1 aromatic carbocycles. The summed E-state index contributed by atoms with van der Waals surface area (Å²) in [6.07, 6.45) is 2.95. The molecule has 106 valence electrons. The molecule has 1 rings (SSSR count). The smallest absolute Gasteiger partial charge is 0.0927 e. The number of hydrogen-bond acceptors (Lipinski definition) is 2. The summed E-state index contributed by atoms with van der Waals surface area (Å²) in [5.74, 6) is 1.09. The van der Waals surface area contributed by atoms with Gasteiger partial charge in [-0.25, -0.2) is 0 Å². The highest BCUT2D eigenvalue weighted by Crippen LogP contribution is 2.20. The number of benzene rings is 1. The van der Waals surface area contributed by atoms with Gasteiger partial charge < -0.3 is 4.74 Å². The number of ether oxygens (including phenoxy) is 1. The maximum absolute atomic E-state index is 5.75. The molecule has 0 heterocycles. The summed E-state index contributed by atoms with van der Waals surface area (Å²) in [6, 6.07) is 11.8. The molecular formula is C16H26OSSi. The van der Waals surface area contributed by atoms with Gasteiger partial charge in [-0.05, 0) is 17.4 Å². The second-order valence-corrected chi connectivity index (χ2v) is 12.9. The van der Waals surface area contributed by atoms with Gasteiger partial charge in [0.2, 0.25) is 0 Å². The number of thioether (sulfide) groups is 1. The fourth-order valence-corrected chi connectivity index (χ4v) is 3.13. The minimum Gasteiger partial charge on any atom is -0.501 e. The van der Waals surface area contributed by atoms with E-state index in [-0.39, 0.29) is 0 Å². The van der Waals surface area contributed by atoms with Crippen LogP contribution in [-0.4, -0.2) is 20.4 Å². The molecule has 0 N–H and O–H groups in total. The van der Waals surface area contributed by atoms with E-state index < -0.39 is 8.07 Å². The number of allylic oxidation sites excluding steroid dienone is 1. The third-order valence-electron chi connectivity index (χ3n) is 2.74. The summed E-state index contributed by atoms with van der Waals surface area (Å²) in [6.45, 7) is 10.2. The van der Waals surface area contributed by atoms with Gasteiger partial charge in [0.05, 0.1) is 12.9 Å². The first kappa shape index (κ1) is 16.4. The van der Waals surface area contributed by atoms with Crippen LogP contribution in [0.5, 0.6) is 0 Å². The topological polar surface area (TPSA) is 9.23 Å². The van der Waals surface area contributed by atoms with Gasteiger partial charge in [0.15, 0.2) is 0 Å². The maximum atomic E-state index is 5.75. The number of hydrogen-bond donors (Lipinski definition) is 0. The van der Waals surface area contributed by atoms with Crippen molar-refractivity contribution in [2.75, 3.05) is 12.4 Å². The Labute approximate surface area is 123 Å². The van der Waals surface area contributed by atoms with E-state index in [9.17, 15) is 0 Å². The Morgan fingerprint density at radius 1 is 1.21 bits per heavy atom. The average molecular weight is 295 g/mol. The van der Waals surface area contributed by atoms with Gasteiger partial charge in [0.1, 0.15) is 0 Å². The fraction of sp³-hybridized carbons (Fsp3) is 0.500. The fourth-order valence-electron chi connectivity index (χ4n) is 1.63. The van der Waals surface area contributed by atoms with E-state index >= 15 is 0 Å². The Morgan fingerprint density at radius 3 is 2.47 bits per heavy atom. The van der Waals surface area contributed by atoms with Crippen molar-refractivity contribution in [3.05, 3.63) is 47.1 Å². The lowest BCUT2D eigenvalue weighted by atomic mass is 10.1. The largest absolute Gasteiger partial charge is 0.501 e. The second-order valence-electron chi connectivity index (χ2n) is 5.86. The van der Waals surface area contributed by atoms with Gasteiger partial charge in [0, 0.05) is 19.4 Å². The lowest BCUT2D eigenvalue weighted by Crippen LogP contribution is -2.21. The molecule has 0 amide bonds. The molecule has 1 nitrogen and oxygen atoms in total. The molecule has 0 aromatic heterocycles. The van der Waals surface area contributed by atoms with Crippen LogP contribution in [0, 0.1) is 0 Å². The Morgan fingerprint density at radius 2 is 1.89 bits per heavy atom. The van der Waals surface area contributed by atoms with Gasteiger partial charge >= 0.3 is 0 Å². The van der Waals surface area contributed by atoms with Gasteiger partial charge in [-0.2, -0.15) is 0 Å². The van der Waals surface area contributed by atoms with Crippen LogP contribution in [0.3, 0.4) is 0 Å². The molecule has 19 heavy (non-hydrogen) atoms. The molecule has 3 heteroatoms. The van der Waals surface area contributed by atoms with Crippen molar-refractivity contribution >= 4 is 19.8 Å². The molecule has 0 unspecified atom stereocenters. The van der Waals surface area contributed by atoms with Crippen LogP contribution in [-0.2, 0) is 11.2 Å². The zero-order valence-electron chi connectivity index (χ0n) is 12.6. The third kappa shape index (κ3) is 8.17. The quantitative estimate of drug-likeness (QED) is 0.371. The average Bonchev–Trinajstić information content (AvgIpc) is 2.35. The van der Waals surface area contributed by atoms with E-state index in [1.54, 1.807) is 0 Å². The zero-order chi connectivity index (χ0) is 14.1. The van der Waals surface area contributed by atoms with Crippen molar-refractivity contribution in [3.63, 3.8) is 0 Å². The zero-order valence-corrected chi connectivity index (χ0v) is 14.4. The van der Waals surface area contributed by atoms with Crippen LogP contribution in [0.4, 0.5) is 0 Å². The Balaban J connectivity index is 2.47. The Kier molecular flexibility index (Phi) is 7.32. The standard InChI is InChI=1S/C16H26OSSi/c1-5-18-16(13-15-9-7-6-8-10-15)14-17-11-12-19(2,3)4/h6-10,14H,5,11-13H2,1-4H3/b16-14-. The highest BCUT2D eigenvalue weighted by Gasteiger charge is 2.12. The minimum absolute atomic E-state index is 0.859. The van der Waals surface area contributed by atoms with Crippen molar-refractivity contribution in [1.82, 2.24) is 0 Å². The van der Waals surface area contributed by atoms with Crippen molar-refractivity contribution in [2.24, 2.45) is 0 Å². The van der Waals surface area contributed by atoms with Crippen molar-refractivity contribution < 1.29 is 4.74 Å². The van der Waals surface area contributed by atoms with E-state index in [0.29, 0.717) is 0 Å². The molecule has 0 saturated heterocycles. The first-order valence-corrected chi connectivity index (χ1v) is 11.7. The van der Waals surface area contributed by atoms with E-state index in [1.165, 1.54) is 16.5 Å². The van der Waals surface area contributed by atoms with Gasteiger partial charge in [-0.3, -0.25) is 0 Å². The molecule has 0 aliphatic rings. The molecule has 0 radical (unpaired) electrons. The number of rotatable bonds is 8. The summed E-state index contributed by atoms with van der Waals surface area (Å²) in [4.78, 5) is 1.32. The van der Waals surface area contributed by atoms with E-state index in [4.69, 9.17) is 4.74 Å². The highest BCUT2D eigenvalue weighted by atomic mass is 32.2. The normalized spacial score (nSPS) is 12.5. The molecule has 0 spiro atoms. The summed E-state index contributed by atoms with van der Waals surface area (Å²) >= 11 is 1.88.